The number of hydrogen-bond acceptors (Lipinski definition) is 7. The van der Waals surface area contributed by atoms with Gasteiger partial charge < -0.3 is 19.4 Å². The van der Waals surface area contributed by atoms with Gasteiger partial charge in [-0.15, -0.1) is 0 Å². The normalized spacial score (nSPS) is 13.8. The lowest BCUT2D eigenvalue weighted by molar-refractivity contribution is 0.0303. The lowest BCUT2D eigenvalue weighted by atomic mass is 9.86. The third-order valence-electron chi connectivity index (χ3n) is 8.11. The van der Waals surface area contributed by atoms with E-state index in [1.54, 1.807) is 17.1 Å². The van der Waals surface area contributed by atoms with Gasteiger partial charge in [0.15, 0.2) is 11.5 Å². The van der Waals surface area contributed by atoms with Gasteiger partial charge in [-0.1, -0.05) is 39.0 Å². The molecule has 1 aliphatic rings. The molecule has 4 heterocycles. The molecule has 0 spiro atoms. The van der Waals surface area contributed by atoms with E-state index in [0.29, 0.717) is 65.6 Å². The predicted octanol–water partition coefficient (Wildman–Crippen LogP) is 5.61. The number of aromatic nitrogens is 5. The maximum absolute atomic E-state index is 13.5. The summed E-state index contributed by atoms with van der Waals surface area (Å²) in [6, 6.07) is 20.9. The summed E-state index contributed by atoms with van der Waals surface area (Å²) in [4.78, 5) is 42.3. The standard InChI is InChI=1S/C35H33N7O3/c1-35(2,3)25-9-12-28-29(20-25)37-22-42(34(28)44)27-6-4-5-24(19-27)30-21-41-14-13-36-32(41)31(39-30)38-26-10-7-23(8-11-26)33(43)40-15-17-45-18-16-40/h4-14,19-22H,15-18H2,1-3H3,(H,38,39). The van der Waals surface area contributed by atoms with Crippen LogP contribution in [0.1, 0.15) is 36.7 Å². The first-order valence-corrected chi connectivity index (χ1v) is 15.0. The van der Waals surface area contributed by atoms with E-state index in [1.807, 2.05) is 88.4 Å². The van der Waals surface area contributed by atoms with Crippen LogP contribution in [0, 0.1) is 0 Å². The Morgan fingerprint density at radius 3 is 2.53 bits per heavy atom. The summed E-state index contributed by atoms with van der Waals surface area (Å²) in [5, 5.41) is 3.94. The van der Waals surface area contributed by atoms with E-state index in [-0.39, 0.29) is 16.9 Å². The SMILES string of the molecule is CC(C)(C)c1ccc2c(=O)n(-c3cccc(-c4cn5ccnc5c(Nc5ccc(C(=O)N6CCOCC6)cc5)n4)c3)cnc2c1. The van der Waals surface area contributed by atoms with Crippen LogP contribution >= 0.6 is 0 Å². The van der Waals surface area contributed by atoms with Crippen LogP contribution in [0.25, 0.3) is 33.5 Å². The number of carbonyl (C=O) groups excluding carboxylic acids is 1. The number of morpholine rings is 1. The smallest absolute Gasteiger partial charge is 0.265 e. The molecule has 10 heteroatoms. The van der Waals surface area contributed by atoms with E-state index in [1.165, 1.54) is 0 Å². The highest BCUT2D eigenvalue weighted by Gasteiger charge is 2.19. The fourth-order valence-corrected chi connectivity index (χ4v) is 5.52. The maximum atomic E-state index is 13.5. The summed E-state index contributed by atoms with van der Waals surface area (Å²) in [5.41, 5.74) is 5.91. The van der Waals surface area contributed by atoms with Crippen molar-refractivity contribution >= 4 is 34.0 Å². The summed E-state index contributed by atoms with van der Waals surface area (Å²) >= 11 is 0. The second-order valence-corrected chi connectivity index (χ2v) is 12.2. The molecule has 0 bridgehead atoms. The Labute approximate surface area is 260 Å². The summed E-state index contributed by atoms with van der Waals surface area (Å²) < 4.78 is 8.84. The minimum atomic E-state index is -0.131. The third kappa shape index (κ3) is 5.56. The second kappa shape index (κ2) is 11.3. The molecule has 3 aromatic heterocycles. The van der Waals surface area contributed by atoms with Crippen molar-refractivity contribution in [1.82, 2.24) is 28.8 Å². The van der Waals surface area contributed by atoms with Crippen LogP contribution in [0.2, 0.25) is 0 Å². The predicted molar refractivity (Wildman–Crippen MR) is 174 cm³/mol. The minimum absolute atomic E-state index is 0.00382. The molecule has 1 amide bonds. The highest BCUT2D eigenvalue weighted by Crippen LogP contribution is 2.27. The summed E-state index contributed by atoms with van der Waals surface area (Å²) in [7, 11) is 0. The summed E-state index contributed by atoms with van der Waals surface area (Å²) in [5.74, 6) is 0.560. The molecule has 0 atom stereocenters. The van der Waals surface area contributed by atoms with Crippen molar-refractivity contribution in [2.75, 3.05) is 31.6 Å². The van der Waals surface area contributed by atoms with Crippen LogP contribution in [0.5, 0.6) is 0 Å². The van der Waals surface area contributed by atoms with Gasteiger partial charge in [0.2, 0.25) is 0 Å². The average Bonchev–Trinajstić information content (AvgIpc) is 3.54. The van der Waals surface area contributed by atoms with Gasteiger partial charge >= 0.3 is 0 Å². The molecule has 0 unspecified atom stereocenters. The van der Waals surface area contributed by atoms with Crippen LogP contribution in [-0.2, 0) is 10.2 Å². The Balaban J connectivity index is 1.19. The minimum Gasteiger partial charge on any atom is -0.378 e. The number of fused-ring (bicyclic) bond motifs is 2. The van der Waals surface area contributed by atoms with Crippen molar-refractivity contribution in [3.8, 4) is 16.9 Å². The largest absolute Gasteiger partial charge is 0.378 e. The van der Waals surface area contributed by atoms with Crippen LogP contribution in [0.15, 0.2) is 96.4 Å². The molecule has 3 aromatic carbocycles. The number of amides is 1. The quantitative estimate of drug-likeness (QED) is 0.275. The zero-order valence-electron chi connectivity index (χ0n) is 25.4. The van der Waals surface area contributed by atoms with Gasteiger partial charge in [-0.3, -0.25) is 14.2 Å². The van der Waals surface area contributed by atoms with Crippen LogP contribution in [0.4, 0.5) is 11.5 Å². The fraction of sp³-hybridized carbons (Fsp3) is 0.229. The van der Waals surface area contributed by atoms with Gasteiger partial charge in [0, 0.05) is 48.5 Å². The highest BCUT2D eigenvalue weighted by molar-refractivity contribution is 5.94. The molecule has 226 valence electrons. The van der Waals surface area contributed by atoms with Crippen molar-refractivity contribution in [3.63, 3.8) is 0 Å². The van der Waals surface area contributed by atoms with E-state index in [9.17, 15) is 9.59 Å². The summed E-state index contributed by atoms with van der Waals surface area (Å²) in [6.07, 6.45) is 7.08. The molecule has 1 saturated heterocycles. The molecule has 0 saturated carbocycles. The van der Waals surface area contributed by atoms with Crippen molar-refractivity contribution in [2.45, 2.75) is 26.2 Å². The molecule has 0 radical (unpaired) electrons. The Kier molecular flexibility index (Phi) is 7.13. The van der Waals surface area contributed by atoms with Gasteiger partial charge in [-0.25, -0.2) is 15.0 Å². The Morgan fingerprint density at radius 2 is 1.76 bits per heavy atom. The van der Waals surface area contributed by atoms with Gasteiger partial charge in [0.25, 0.3) is 11.5 Å². The fourth-order valence-electron chi connectivity index (χ4n) is 5.52. The Morgan fingerprint density at radius 1 is 0.956 bits per heavy atom. The van der Waals surface area contributed by atoms with Gasteiger partial charge in [-0.2, -0.15) is 0 Å². The number of ether oxygens (including phenoxy) is 1. The number of nitrogens with one attached hydrogen (secondary N) is 1. The monoisotopic (exact) mass is 599 g/mol. The molecule has 1 aliphatic heterocycles. The third-order valence-corrected chi connectivity index (χ3v) is 8.11. The first-order valence-electron chi connectivity index (χ1n) is 15.0. The van der Waals surface area contributed by atoms with Gasteiger partial charge in [0.05, 0.1) is 35.5 Å². The second-order valence-electron chi connectivity index (χ2n) is 12.2. The number of carbonyl (C=O) groups is 1. The molecule has 7 rings (SSSR count). The van der Waals surface area contributed by atoms with Gasteiger partial charge in [0.1, 0.15) is 6.33 Å². The van der Waals surface area contributed by atoms with Crippen LogP contribution < -0.4 is 10.9 Å². The van der Waals surface area contributed by atoms with E-state index < -0.39 is 0 Å². The van der Waals surface area contributed by atoms with Gasteiger partial charge in [-0.05, 0) is 59.5 Å². The number of anilines is 2. The molecule has 1 N–H and O–H groups in total. The molecule has 45 heavy (non-hydrogen) atoms. The van der Waals surface area contributed by atoms with Crippen LogP contribution in [-0.4, -0.2) is 61.0 Å². The first kappa shape index (κ1) is 28.4. The Bertz CT molecular complexity index is 2100. The van der Waals surface area contributed by atoms with Crippen molar-refractivity contribution in [2.24, 2.45) is 0 Å². The topological polar surface area (TPSA) is 107 Å². The van der Waals surface area contributed by atoms with Crippen LogP contribution in [0.3, 0.4) is 0 Å². The molecule has 6 aromatic rings. The van der Waals surface area contributed by atoms with E-state index in [2.05, 4.69) is 36.1 Å². The average molecular weight is 600 g/mol. The first-order chi connectivity index (χ1) is 21.7. The van der Waals surface area contributed by atoms with Crippen molar-refractivity contribution in [1.29, 1.82) is 0 Å². The lowest BCUT2D eigenvalue weighted by Crippen LogP contribution is -2.40. The van der Waals surface area contributed by atoms with E-state index in [4.69, 9.17) is 9.72 Å². The van der Waals surface area contributed by atoms with E-state index >= 15 is 0 Å². The zero-order chi connectivity index (χ0) is 31.1. The molecule has 1 fully saturated rings. The number of benzene rings is 3. The highest BCUT2D eigenvalue weighted by atomic mass is 16.5. The number of hydrogen-bond donors (Lipinski definition) is 1. The molecule has 10 nitrogen and oxygen atoms in total. The lowest BCUT2D eigenvalue weighted by Gasteiger charge is -2.26. The molecular weight excluding hydrogens is 566 g/mol. The Hall–Kier alpha value is -5.35. The zero-order valence-corrected chi connectivity index (χ0v) is 25.4. The molecular formula is C35H33N7O3. The van der Waals surface area contributed by atoms with E-state index in [0.717, 1.165) is 16.8 Å². The number of rotatable bonds is 5. The maximum Gasteiger partial charge on any atom is 0.265 e. The van der Waals surface area contributed by atoms with Crippen molar-refractivity contribution in [3.05, 3.63) is 113 Å². The number of imidazole rings is 1. The summed E-state index contributed by atoms with van der Waals surface area (Å²) in [6.45, 7) is 8.74. The number of nitrogens with zero attached hydrogens (tertiary/aromatic N) is 6. The van der Waals surface area contributed by atoms with Crippen molar-refractivity contribution < 1.29 is 9.53 Å². The molecule has 0 aliphatic carbocycles.